The highest BCUT2D eigenvalue weighted by Gasteiger charge is 2.30. The summed E-state index contributed by atoms with van der Waals surface area (Å²) in [4.78, 5) is 73.0. The van der Waals surface area contributed by atoms with Gasteiger partial charge in [-0.05, 0) is 128 Å². The molecule has 0 aromatic rings. The number of rotatable bonds is 78. The first-order chi connectivity index (χ1) is 48.7. The van der Waals surface area contributed by atoms with Crippen LogP contribution in [0, 0.1) is 0 Å². The molecule has 17 nitrogen and oxygen atoms in total. The van der Waals surface area contributed by atoms with E-state index in [-0.39, 0.29) is 25.7 Å². The SMILES string of the molecule is CCCCCC/C=C\CCCCCCCCCC(=O)OC[C@H](COP(=O)(O)OC[C@H](O)COP(=O)(O)OC[C@@H](COC(=O)CCCCCCC/C=C\CCCCCCCC)OC(=O)CCCCCCC/C=C\CCCCCCCC)OC(=O)CCCCCCCCC/C=C\CCCCCC. The number of aliphatic hydroxyl groups excluding tert-OH is 1. The predicted octanol–water partition coefficient (Wildman–Crippen LogP) is 23.7. The molecule has 0 bridgehead atoms. The zero-order chi connectivity index (χ0) is 73.2. The Hall–Kier alpha value is -2.98. The van der Waals surface area contributed by atoms with Gasteiger partial charge in [-0.25, -0.2) is 9.13 Å². The van der Waals surface area contributed by atoms with Crippen molar-refractivity contribution in [3.8, 4) is 0 Å². The highest BCUT2D eigenvalue weighted by Crippen LogP contribution is 2.45. The molecule has 5 atom stereocenters. The van der Waals surface area contributed by atoms with Gasteiger partial charge in [-0.15, -0.1) is 0 Å². The van der Waals surface area contributed by atoms with Crippen molar-refractivity contribution in [1.29, 1.82) is 0 Å². The first-order valence-corrected chi connectivity index (χ1v) is 43.9. The number of phosphoric acid groups is 2. The topological polar surface area (TPSA) is 237 Å². The standard InChI is InChI=1S/C81H150O17P2/c1-5-9-13-17-21-25-29-33-37-41-45-49-53-57-61-65-78(83)91-71-76(97-80(85)67-63-59-55-51-47-43-39-35-31-27-23-19-15-11-7-3)73-95-99(87,88)93-69-75(82)70-94-100(89,90)96-74-77(98-81(86)68-64-60-56-52-48-44-40-36-32-28-24-20-16-12-8-4)72-92-79(84)66-62-58-54-50-46-42-38-34-30-26-22-18-14-10-6-2/h25,27,29,31,34,36,38,40,75-77,82H,5-24,26,28,30,32-33,35,37,39,41-74H2,1-4H3,(H,87,88)(H,89,90)/b29-25-,31-27-,38-34-,40-36-/t75-,76+,77+/m0/s1. The van der Waals surface area contributed by atoms with Gasteiger partial charge < -0.3 is 33.8 Å². The molecule has 0 rings (SSSR count). The summed E-state index contributed by atoms with van der Waals surface area (Å²) in [6.07, 6.45) is 72.2. The molecule has 3 N–H and O–H groups in total. The molecule has 100 heavy (non-hydrogen) atoms. The molecule has 0 aromatic carbocycles. The van der Waals surface area contributed by atoms with Gasteiger partial charge >= 0.3 is 39.5 Å². The number of hydrogen-bond acceptors (Lipinski definition) is 15. The zero-order valence-electron chi connectivity index (χ0n) is 64.1. The molecular formula is C81H150O17P2. The van der Waals surface area contributed by atoms with Gasteiger partial charge in [0.15, 0.2) is 12.2 Å². The van der Waals surface area contributed by atoms with E-state index in [1.807, 2.05) is 0 Å². The second-order valence-corrected chi connectivity index (χ2v) is 30.6. The van der Waals surface area contributed by atoms with E-state index in [0.717, 1.165) is 167 Å². The van der Waals surface area contributed by atoms with Gasteiger partial charge in [-0.1, -0.05) is 282 Å². The summed E-state index contributed by atoms with van der Waals surface area (Å²) in [5, 5.41) is 10.6. The number of carbonyl (C=O) groups is 4. The molecule has 0 aliphatic carbocycles. The number of phosphoric ester groups is 2. The van der Waals surface area contributed by atoms with Crippen LogP contribution in [0.25, 0.3) is 0 Å². The number of esters is 4. The average molecular weight is 1460 g/mol. The average Bonchev–Trinajstić information content (AvgIpc) is 1.01. The van der Waals surface area contributed by atoms with Crippen LogP contribution in [0.5, 0.6) is 0 Å². The van der Waals surface area contributed by atoms with Gasteiger partial charge in [-0.2, -0.15) is 0 Å². The molecule has 586 valence electrons. The molecule has 0 radical (unpaired) electrons. The van der Waals surface area contributed by atoms with Crippen LogP contribution in [0.4, 0.5) is 0 Å². The van der Waals surface area contributed by atoms with E-state index in [9.17, 15) is 43.2 Å². The third kappa shape index (κ3) is 73.3. The van der Waals surface area contributed by atoms with E-state index < -0.39 is 97.5 Å². The summed E-state index contributed by atoms with van der Waals surface area (Å²) in [6, 6.07) is 0. The minimum Gasteiger partial charge on any atom is -0.462 e. The van der Waals surface area contributed by atoms with E-state index in [0.29, 0.717) is 25.7 Å². The van der Waals surface area contributed by atoms with Crippen LogP contribution < -0.4 is 0 Å². The van der Waals surface area contributed by atoms with Crippen LogP contribution in [-0.4, -0.2) is 96.7 Å². The molecule has 19 heteroatoms. The lowest BCUT2D eigenvalue weighted by atomic mass is 10.1. The van der Waals surface area contributed by atoms with Crippen molar-refractivity contribution in [1.82, 2.24) is 0 Å². The molecule has 0 aliphatic heterocycles. The van der Waals surface area contributed by atoms with Gasteiger partial charge in [0.25, 0.3) is 0 Å². The van der Waals surface area contributed by atoms with Crippen LogP contribution >= 0.6 is 15.6 Å². The minimum atomic E-state index is -4.97. The second kappa shape index (κ2) is 74.3. The molecule has 0 aromatic heterocycles. The third-order valence-corrected chi connectivity index (χ3v) is 19.6. The molecule has 0 aliphatic rings. The van der Waals surface area contributed by atoms with Gasteiger partial charge in [0, 0.05) is 25.7 Å². The van der Waals surface area contributed by atoms with Gasteiger partial charge in [0.05, 0.1) is 26.4 Å². The van der Waals surface area contributed by atoms with Crippen molar-refractivity contribution in [2.45, 2.75) is 406 Å². The zero-order valence-corrected chi connectivity index (χ0v) is 65.9. The number of allylic oxidation sites excluding steroid dienone is 8. The van der Waals surface area contributed by atoms with Crippen molar-refractivity contribution in [2.24, 2.45) is 0 Å². The summed E-state index contributed by atoms with van der Waals surface area (Å²) in [6.45, 7) is 4.90. The van der Waals surface area contributed by atoms with Crippen LogP contribution in [0.1, 0.15) is 387 Å². The van der Waals surface area contributed by atoms with Crippen LogP contribution in [-0.2, 0) is 65.4 Å². The lowest BCUT2D eigenvalue weighted by molar-refractivity contribution is -0.161. The quantitative estimate of drug-likeness (QED) is 0.0169. The first-order valence-electron chi connectivity index (χ1n) is 40.9. The van der Waals surface area contributed by atoms with Crippen molar-refractivity contribution in [3.63, 3.8) is 0 Å². The smallest absolute Gasteiger partial charge is 0.462 e. The molecule has 0 fully saturated rings. The minimum absolute atomic E-state index is 0.0888. The summed E-state index contributed by atoms with van der Waals surface area (Å²) in [5.41, 5.74) is 0. The van der Waals surface area contributed by atoms with Gasteiger partial charge in [0.1, 0.15) is 19.3 Å². The Labute approximate surface area is 610 Å². The second-order valence-electron chi connectivity index (χ2n) is 27.7. The fourth-order valence-electron chi connectivity index (χ4n) is 11.4. The Morgan fingerprint density at radius 2 is 0.460 bits per heavy atom. The first kappa shape index (κ1) is 97.0. The normalized spacial score (nSPS) is 14.1. The molecule has 0 amide bonds. The monoisotopic (exact) mass is 1460 g/mol. The van der Waals surface area contributed by atoms with Crippen LogP contribution in [0.15, 0.2) is 48.6 Å². The Bertz CT molecular complexity index is 2080. The van der Waals surface area contributed by atoms with Crippen LogP contribution in [0.2, 0.25) is 0 Å². The largest absolute Gasteiger partial charge is 0.472 e. The number of aliphatic hydroxyl groups is 1. The van der Waals surface area contributed by atoms with E-state index in [2.05, 4.69) is 76.3 Å². The summed E-state index contributed by atoms with van der Waals surface area (Å²) in [7, 11) is -9.94. The maximum Gasteiger partial charge on any atom is 0.472 e. The number of hydrogen-bond donors (Lipinski definition) is 3. The maximum absolute atomic E-state index is 13.1. The molecule has 0 spiro atoms. The van der Waals surface area contributed by atoms with E-state index >= 15 is 0 Å². The Morgan fingerprint density at radius 1 is 0.270 bits per heavy atom. The molecule has 0 saturated heterocycles. The summed E-state index contributed by atoms with van der Waals surface area (Å²) < 4.78 is 68.7. The number of unbranched alkanes of at least 4 members (excludes halogenated alkanes) is 44. The highest BCUT2D eigenvalue weighted by molar-refractivity contribution is 7.47. The fourth-order valence-corrected chi connectivity index (χ4v) is 13.0. The van der Waals surface area contributed by atoms with Gasteiger partial charge in [-0.3, -0.25) is 37.3 Å². The highest BCUT2D eigenvalue weighted by atomic mass is 31.2. The van der Waals surface area contributed by atoms with Crippen LogP contribution in [0.3, 0.4) is 0 Å². The lowest BCUT2D eigenvalue weighted by Crippen LogP contribution is -2.30. The molecular weight excluding hydrogens is 1310 g/mol. The van der Waals surface area contributed by atoms with E-state index in [4.69, 9.17) is 37.0 Å². The van der Waals surface area contributed by atoms with E-state index in [1.54, 1.807) is 0 Å². The predicted molar refractivity (Wildman–Crippen MR) is 409 cm³/mol. The summed E-state index contributed by atoms with van der Waals surface area (Å²) >= 11 is 0. The lowest BCUT2D eigenvalue weighted by Gasteiger charge is -2.21. The Kier molecular flexibility index (Phi) is 72.1. The molecule has 0 saturated carbocycles. The molecule has 2 unspecified atom stereocenters. The fraction of sp³-hybridized carbons (Fsp3) is 0.852. The van der Waals surface area contributed by atoms with Crippen molar-refractivity contribution in [3.05, 3.63) is 48.6 Å². The Balaban J connectivity index is 5.33. The molecule has 0 heterocycles. The van der Waals surface area contributed by atoms with Crippen molar-refractivity contribution in [2.75, 3.05) is 39.6 Å². The summed E-state index contributed by atoms with van der Waals surface area (Å²) in [5.74, 6) is -2.16. The number of ether oxygens (including phenoxy) is 4. The third-order valence-electron chi connectivity index (χ3n) is 17.7. The van der Waals surface area contributed by atoms with Crippen molar-refractivity contribution < 1.29 is 80.2 Å². The Morgan fingerprint density at radius 3 is 0.700 bits per heavy atom. The van der Waals surface area contributed by atoms with Crippen molar-refractivity contribution >= 4 is 39.5 Å². The maximum atomic E-state index is 13.1. The number of carbonyl (C=O) groups excluding carboxylic acids is 4. The van der Waals surface area contributed by atoms with Gasteiger partial charge in [0.2, 0.25) is 0 Å². The van der Waals surface area contributed by atoms with E-state index in [1.165, 1.54) is 141 Å².